The summed E-state index contributed by atoms with van der Waals surface area (Å²) in [6, 6.07) is 12.2. The van der Waals surface area contributed by atoms with Crippen molar-refractivity contribution in [2.75, 3.05) is 6.26 Å². The largest absolute Gasteiger partial charge is 0.412 e. The molecule has 8 nitrogen and oxygen atoms in total. The molecule has 0 amide bonds. The van der Waals surface area contributed by atoms with E-state index >= 15 is 0 Å². The van der Waals surface area contributed by atoms with Crippen LogP contribution in [0.15, 0.2) is 70.7 Å². The van der Waals surface area contributed by atoms with E-state index < -0.39 is 10.0 Å². The summed E-state index contributed by atoms with van der Waals surface area (Å²) < 4.78 is 28.9. The molecule has 4 heterocycles. The maximum atomic E-state index is 13.8. The third-order valence-corrected chi connectivity index (χ3v) is 8.42. The zero-order valence-electron chi connectivity index (χ0n) is 20.5. The molecule has 0 fully saturated rings. The van der Waals surface area contributed by atoms with E-state index in [1.165, 1.54) is 15.7 Å². The van der Waals surface area contributed by atoms with Gasteiger partial charge in [0.15, 0.2) is 10.8 Å². The standard InChI is InChI=1S/C26H27N5O3S2/c1-5-9-18-14-27-26(35-4)29-24(18)21-15-31(36(32,33)19-10-7-6-8-11-19)25-20(21)12-13-22(28-25)23-16(2)30-34-17(23)3/h6-8,10-16,30H,5,9H2,1-4H3. The third kappa shape index (κ3) is 4.19. The number of nitrogens with one attached hydrogen (secondary N) is 1. The van der Waals surface area contributed by atoms with E-state index in [-0.39, 0.29) is 10.9 Å². The van der Waals surface area contributed by atoms with E-state index in [9.17, 15) is 8.42 Å². The van der Waals surface area contributed by atoms with Crippen LogP contribution in [0.1, 0.15) is 38.4 Å². The van der Waals surface area contributed by atoms with E-state index in [0.717, 1.165) is 29.7 Å². The fraction of sp³-hybridized carbons (Fsp3) is 0.269. The summed E-state index contributed by atoms with van der Waals surface area (Å²) >= 11 is 1.45. The Morgan fingerprint density at radius 1 is 1.14 bits per heavy atom. The fourth-order valence-corrected chi connectivity index (χ4v) is 6.15. The van der Waals surface area contributed by atoms with Crippen LogP contribution in [-0.4, -0.2) is 39.6 Å². The first-order chi connectivity index (χ1) is 17.3. The molecular formula is C26H27N5O3S2. The van der Waals surface area contributed by atoms with E-state index in [1.54, 1.807) is 36.5 Å². The number of rotatable bonds is 7. The molecule has 10 heteroatoms. The Balaban J connectivity index is 1.81. The number of benzene rings is 1. The molecule has 1 aliphatic heterocycles. The molecule has 36 heavy (non-hydrogen) atoms. The van der Waals surface area contributed by atoms with Crippen molar-refractivity contribution in [3.8, 4) is 11.3 Å². The molecule has 0 aliphatic carbocycles. The second-order valence-corrected chi connectivity index (χ2v) is 11.2. The number of hydroxylamine groups is 1. The molecule has 1 atom stereocenters. The zero-order chi connectivity index (χ0) is 25.4. The van der Waals surface area contributed by atoms with E-state index in [0.29, 0.717) is 33.2 Å². The van der Waals surface area contributed by atoms with E-state index in [4.69, 9.17) is 14.8 Å². The van der Waals surface area contributed by atoms with Crippen molar-refractivity contribution < 1.29 is 13.3 Å². The van der Waals surface area contributed by atoms with Crippen LogP contribution in [-0.2, 0) is 21.3 Å². The van der Waals surface area contributed by atoms with Crippen molar-refractivity contribution in [2.45, 2.75) is 49.7 Å². The molecule has 0 spiro atoms. The highest BCUT2D eigenvalue weighted by Crippen LogP contribution is 2.36. The molecule has 1 N–H and O–H groups in total. The van der Waals surface area contributed by atoms with Gasteiger partial charge in [-0.1, -0.05) is 43.3 Å². The van der Waals surface area contributed by atoms with Crippen molar-refractivity contribution in [2.24, 2.45) is 0 Å². The average molecular weight is 522 g/mol. The van der Waals surface area contributed by atoms with Gasteiger partial charge >= 0.3 is 0 Å². The van der Waals surface area contributed by atoms with Crippen LogP contribution >= 0.6 is 11.8 Å². The van der Waals surface area contributed by atoms with Crippen LogP contribution in [0.3, 0.4) is 0 Å². The highest BCUT2D eigenvalue weighted by atomic mass is 32.2. The lowest BCUT2D eigenvalue weighted by atomic mass is 10.0. The maximum absolute atomic E-state index is 13.8. The van der Waals surface area contributed by atoms with Crippen LogP contribution in [0.2, 0.25) is 0 Å². The molecule has 1 unspecified atom stereocenters. The number of thioether (sulfide) groups is 1. The highest BCUT2D eigenvalue weighted by molar-refractivity contribution is 7.98. The Bertz CT molecular complexity index is 1580. The summed E-state index contributed by atoms with van der Waals surface area (Å²) in [5, 5.41) is 1.34. The van der Waals surface area contributed by atoms with Crippen molar-refractivity contribution in [1.82, 2.24) is 24.4 Å². The second-order valence-electron chi connectivity index (χ2n) is 8.62. The van der Waals surface area contributed by atoms with Crippen molar-refractivity contribution in [1.29, 1.82) is 0 Å². The first-order valence-electron chi connectivity index (χ1n) is 11.7. The van der Waals surface area contributed by atoms with Gasteiger partial charge in [-0.05, 0) is 56.4 Å². The number of aromatic nitrogens is 4. The van der Waals surface area contributed by atoms with Crippen molar-refractivity contribution in [3.05, 3.63) is 71.9 Å². The smallest absolute Gasteiger partial charge is 0.269 e. The lowest BCUT2D eigenvalue weighted by Crippen LogP contribution is -2.19. The van der Waals surface area contributed by atoms with Crippen LogP contribution in [0, 0.1) is 0 Å². The van der Waals surface area contributed by atoms with Gasteiger partial charge in [-0.25, -0.2) is 27.3 Å². The van der Waals surface area contributed by atoms with Gasteiger partial charge in [0.1, 0.15) is 5.76 Å². The number of hydrogen-bond donors (Lipinski definition) is 1. The molecule has 5 rings (SSSR count). The summed E-state index contributed by atoms with van der Waals surface area (Å²) in [7, 11) is -3.92. The predicted molar refractivity (Wildman–Crippen MR) is 142 cm³/mol. The van der Waals surface area contributed by atoms with Gasteiger partial charge in [-0.3, -0.25) is 0 Å². The second kappa shape index (κ2) is 9.68. The molecule has 3 aromatic heterocycles. The molecular weight excluding hydrogens is 494 g/mol. The average Bonchev–Trinajstić information content (AvgIpc) is 3.44. The van der Waals surface area contributed by atoms with Gasteiger partial charge < -0.3 is 4.84 Å². The third-order valence-electron chi connectivity index (χ3n) is 6.20. The Morgan fingerprint density at radius 2 is 1.92 bits per heavy atom. The van der Waals surface area contributed by atoms with Crippen LogP contribution < -0.4 is 5.48 Å². The molecule has 0 saturated heterocycles. The van der Waals surface area contributed by atoms with Crippen LogP contribution in [0.4, 0.5) is 0 Å². The van der Waals surface area contributed by atoms with Gasteiger partial charge in [0.2, 0.25) is 0 Å². The lowest BCUT2D eigenvalue weighted by molar-refractivity contribution is 0.122. The van der Waals surface area contributed by atoms with Crippen molar-refractivity contribution >= 4 is 38.4 Å². The molecule has 4 aromatic rings. The van der Waals surface area contributed by atoms with Gasteiger partial charge in [-0.15, -0.1) is 5.48 Å². The predicted octanol–water partition coefficient (Wildman–Crippen LogP) is 5.06. The van der Waals surface area contributed by atoms with Crippen LogP contribution in [0.5, 0.6) is 0 Å². The summed E-state index contributed by atoms with van der Waals surface area (Å²) in [6.45, 7) is 5.94. The lowest BCUT2D eigenvalue weighted by Gasteiger charge is -2.10. The Morgan fingerprint density at radius 3 is 2.58 bits per heavy atom. The Hall–Kier alpha value is -3.21. The van der Waals surface area contributed by atoms with Gasteiger partial charge in [0, 0.05) is 28.9 Å². The topological polar surface area (TPSA) is 99.0 Å². The molecule has 0 bridgehead atoms. The first-order valence-corrected chi connectivity index (χ1v) is 14.4. The highest BCUT2D eigenvalue weighted by Gasteiger charge is 2.28. The summed E-state index contributed by atoms with van der Waals surface area (Å²) in [6.07, 6.45) is 7.09. The Labute approximate surface area is 214 Å². The van der Waals surface area contributed by atoms with Crippen molar-refractivity contribution in [3.63, 3.8) is 0 Å². The minimum atomic E-state index is -3.92. The number of hydrogen-bond acceptors (Lipinski definition) is 8. The van der Waals surface area contributed by atoms with Gasteiger partial charge in [0.05, 0.1) is 22.3 Å². The quantitative estimate of drug-likeness (QED) is 0.266. The number of pyridine rings is 1. The SMILES string of the molecule is CCCc1cnc(SC)nc1-c1cn(S(=O)(=O)c2ccccc2)c2nc(C3=C(C)ONC3C)ccc12. The first kappa shape index (κ1) is 24.5. The number of nitrogens with zero attached hydrogens (tertiary/aromatic N) is 4. The molecule has 1 aliphatic rings. The summed E-state index contributed by atoms with van der Waals surface area (Å²) in [4.78, 5) is 19.8. The number of aryl methyl sites for hydroxylation is 1. The zero-order valence-corrected chi connectivity index (χ0v) is 22.2. The minimum absolute atomic E-state index is 0.0780. The summed E-state index contributed by atoms with van der Waals surface area (Å²) in [5.41, 5.74) is 7.25. The Kier molecular flexibility index (Phi) is 6.59. The van der Waals surface area contributed by atoms with Crippen LogP contribution in [0.25, 0.3) is 27.9 Å². The minimum Gasteiger partial charge on any atom is -0.412 e. The maximum Gasteiger partial charge on any atom is 0.269 e. The molecule has 1 aromatic carbocycles. The monoisotopic (exact) mass is 521 g/mol. The van der Waals surface area contributed by atoms with Gasteiger partial charge in [0.25, 0.3) is 10.0 Å². The van der Waals surface area contributed by atoms with E-state index in [1.807, 2.05) is 38.4 Å². The normalized spacial score (nSPS) is 16.1. The van der Waals surface area contributed by atoms with E-state index in [2.05, 4.69) is 17.4 Å². The fourth-order valence-electron chi connectivity index (χ4n) is 4.47. The number of allylic oxidation sites excluding steroid dienone is 1. The molecule has 0 saturated carbocycles. The molecule has 0 radical (unpaired) electrons. The molecule has 186 valence electrons. The number of fused-ring (bicyclic) bond motifs is 1. The summed E-state index contributed by atoms with van der Waals surface area (Å²) in [5.74, 6) is 0.712. The van der Waals surface area contributed by atoms with Gasteiger partial charge in [-0.2, -0.15) is 0 Å².